The smallest absolute Gasteiger partial charge is 0.371 e. The van der Waals surface area contributed by atoms with Crippen molar-refractivity contribution < 1.29 is 14.3 Å². The van der Waals surface area contributed by atoms with Gasteiger partial charge in [0.25, 0.3) is 0 Å². The molecular formula is C10H14O3S. The van der Waals surface area contributed by atoms with E-state index in [-0.39, 0.29) is 5.76 Å². The van der Waals surface area contributed by atoms with Gasteiger partial charge in [-0.3, -0.25) is 0 Å². The van der Waals surface area contributed by atoms with Gasteiger partial charge in [-0.2, -0.15) is 0 Å². The second-order valence-corrected chi connectivity index (χ2v) is 4.28. The van der Waals surface area contributed by atoms with E-state index in [2.05, 4.69) is 13.8 Å². The van der Waals surface area contributed by atoms with Gasteiger partial charge in [-0.25, -0.2) is 4.79 Å². The number of hydrogen-bond acceptors (Lipinski definition) is 3. The second-order valence-electron chi connectivity index (χ2n) is 2.98. The molecule has 0 fully saturated rings. The van der Waals surface area contributed by atoms with Crippen molar-refractivity contribution in [1.29, 1.82) is 0 Å². The molecule has 0 saturated carbocycles. The van der Waals surface area contributed by atoms with Crippen LogP contribution in [0.4, 0.5) is 0 Å². The number of carboxylic acids is 1. The molecule has 0 aromatic carbocycles. The first-order chi connectivity index (χ1) is 6.67. The molecular weight excluding hydrogens is 200 g/mol. The van der Waals surface area contributed by atoms with E-state index in [9.17, 15) is 4.79 Å². The van der Waals surface area contributed by atoms with Crippen molar-refractivity contribution in [3.8, 4) is 0 Å². The highest BCUT2D eigenvalue weighted by Crippen LogP contribution is 2.28. The molecule has 0 aliphatic carbocycles. The first-order valence-electron chi connectivity index (χ1n) is 4.67. The molecule has 0 aliphatic rings. The van der Waals surface area contributed by atoms with Gasteiger partial charge in [0, 0.05) is 5.25 Å². The SMILES string of the molecule is CCC(CC)Sc1ccc(C(=O)O)o1. The predicted octanol–water partition coefficient (Wildman–Crippen LogP) is 3.26. The van der Waals surface area contributed by atoms with Crippen LogP contribution < -0.4 is 0 Å². The van der Waals surface area contributed by atoms with Crippen LogP contribution in [0.3, 0.4) is 0 Å². The molecule has 3 nitrogen and oxygen atoms in total. The Morgan fingerprint density at radius 3 is 2.57 bits per heavy atom. The Hall–Kier alpha value is -0.900. The third-order valence-electron chi connectivity index (χ3n) is 1.99. The third-order valence-corrected chi connectivity index (χ3v) is 3.44. The quantitative estimate of drug-likeness (QED) is 0.764. The summed E-state index contributed by atoms with van der Waals surface area (Å²) in [6.07, 6.45) is 2.12. The molecule has 0 radical (unpaired) electrons. The van der Waals surface area contributed by atoms with E-state index in [0.29, 0.717) is 10.3 Å². The van der Waals surface area contributed by atoms with E-state index in [1.165, 1.54) is 6.07 Å². The van der Waals surface area contributed by atoms with Gasteiger partial charge >= 0.3 is 5.97 Å². The number of aromatic carboxylic acids is 1. The van der Waals surface area contributed by atoms with Crippen LogP contribution in [0.5, 0.6) is 0 Å². The van der Waals surface area contributed by atoms with Gasteiger partial charge in [0.2, 0.25) is 5.76 Å². The van der Waals surface area contributed by atoms with Gasteiger partial charge in [0.05, 0.1) is 0 Å². The van der Waals surface area contributed by atoms with Gasteiger partial charge in [-0.1, -0.05) is 25.6 Å². The number of carbonyl (C=O) groups is 1. The Morgan fingerprint density at radius 1 is 1.50 bits per heavy atom. The van der Waals surface area contributed by atoms with E-state index >= 15 is 0 Å². The van der Waals surface area contributed by atoms with Crippen LogP contribution in [0.2, 0.25) is 0 Å². The maximum absolute atomic E-state index is 10.5. The number of hydrogen-bond donors (Lipinski definition) is 1. The van der Waals surface area contributed by atoms with Gasteiger partial charge in [0.1, 0.15) is 0 Å². The average molecular weight is 214 g/mol. The summed E-state index contributed by atoms with van der Waals surface area (Å²) in [7, 11) is 0. The Labute approximate surface area is 87.5 Å². The van der Waals surface area contributed by atoms with E-state index in [0.717, 1.165) is 12.8 Å². The van der Waals surface area contributed by atoms with Crippen LogP contribution in [0.25, 0.3) is 0 Å². The molecule has 1 aromatic rings. The zero-order valence-corrected chi connectivity index (χ0v) is 9.13. The maximum Gasteiger partial charge on any atom is 0.371 e. The van der Waals surface area contributed by atoms with Crippen molar-refractivity contribution in [2.24, 2.45) is 0 Å². The molecule has 14 heavy (non-hydrogen) atoms. The molecule has 1 aromatic heterocycles. The van der Waals surface area contributed by atoms with Crippen molar-refractivity contribution in [2.75, 3.05) is 0 Å². The average Bonchev–Trinajstić information content (AvgIpc) is 2.62. The minimum Gasteiger partial charge on any atom is -0.475 e. The lowest BCUT2D eigenvalue weighted by molar-refractivity contribution is 0.0656. The molecule has 0 aliphatic heterocycles. The minimum atomic E-state index is -1.01. The first kappa shape index (κ1) is 11.2. The van der Waals surface area contributed by atoms with Crippen molar-refractivity contribution in [3.05, 3.63) is 17.9 Å². The summed E-state index contributed by atoms with van der Waals surface area (Å²) in [5.74, 6) is -1.00. The van der Waals surface area contributed by atoms with Crippen LogP contribution in [0, 0.1) is 0 Å². The summed E-state index contributed by atoms with van der Waals surface area (Å²) in [4.78, 5) is 10.5. The zero-order valence-electron chi connectivity index (χ0n) is 8.32. The topological polar surface area (TPSA) is 50.4 Å². The monoisotopic (exact) mass is 214 g/mol. The predicted molar refractivity (Wildman–Crippen MR) is 55.9 cm³/mol. The third kappa shape index (κ3) is 2.80. The summed E-state index contributed by atoms with van der Waals surface area (Å²) >= 11 is 1.60. The Balaban J connectivity index is 2.63. The van der Waals surface area contributed by atoms with Crippen LogP contribution in [-0.2, 0) is 0 Å². The lowest BCUT2D eigenvalue weighted by Crippen LogP contribution is -1.96. The van der Waals surface area contributed by atoms with Crippen LogP contribution in [0.15, 0.2) is 21.6 Å². The molecule has 1 heterocycles. The largest absolute Gasteiger partial charge is 0.475 e. The maximum atomic E-state index is 10.5. The fourth-order valence-corrected chi connectivity index (χ4v) is 2.06. The van der Waals surface area contributed by atoms with E-state index in [1.807, 2.05) is 0 Å². The summed E-state index contributed by atoms with van der Waals surface area (Å²) in [6, 6.07) is 3.21. The molecule has 0 saturated heterocycles. The van der Waals surface area contributed by atoms with Crippen LogP contribution in [-0.4, -0.2) is 16.3 Å². The molecule has 0 atom stereocenters. The van der Waals surface area contributed by atoms with Crippen LogP contribution >= 0.6 is 11.8 Å². The number of furan rings is 1. The van der Waals surface area contributed by atoms with Gasteiger partial charge in [-0.15, -0.1) is 0 Å². The molecule has 78 valence electrons. The Bertz CT molecular complexity index is 302. The van der Waals surface area contributed by atoms with Crippen LogP contribution in [0.1, 0.15) is 37.2 Å². The minimum absolute atomic E-state index is 0.0125. The first-order valence-corrected chi connectivity index (χ1v) is 5.55. The highest BCUT2D eigenvalue weighted by atomic mass is 32.2. The molecule has 1 rings (SSSR count). The van der Waals surface area contributed by atoms with Crippen molar-refractivity contribution in [1.82, 2.24) is 0 Å². The van der Waals surface area contributed by atoms with Crippen molar-refractivity contribution in [3.63, 3.8) is 0 Å². The normalized spacial score (nSPS) is 10.8. The molecule has 0 amide bonds. The zero-order chi connectivity index (χ0) is 10.6. The lowest BCUT2D eigenvalue weighted by atomic mass is 10.3. The van der Waals surface area contributed by atoms with Crippen molar-refractivity contribution in [2.45, 2.75) is 37.0 Å². The summed E-state index contributed by atoms with van der Waals surface area (Å²) in [6.45, 7) is 4.23. The fourth-order valence-electron chi connectivity index (χ4n) is 1.12. The number of carboxylic acid groups (broad SMARTS) is 1. The van der Waals surface area contributed by atoms with E-state index in [4.69, 9.17) is 9.52 Å². The Morgan fingerprint density at radius 2 is 2.14 bits per heavy atom. The summed E-state index contributed by atoms with van der Waals surface area (Å²) < 4.78 is 5.14. The summed E-state index contributed by atoms with van der Waals surface area (Å²) in [5, 5.41) is 9.84. The van der Waals surface area contributed by atoms with Crippen molar-refractivity contribution >= 4 is 17.7 Å². The van der Waals surface area contributed by atoms with E-state index in [1.54, 1.807) is 17.8 Å². The van der Waals surface area contributed by atoms with Gasteiger partial charge in [0.15, 0.2) is 5.09 Å². The number of thioether (sulfide) groups is 1. The van der Waals surface area contributed by atoms with E-state index < -0.39 is 5.97 Å². The van der Waals surface area contributed by atoms with Gasteiger partial charge in [-0.05, 0) is 25.0 Å². The molecule has 0 unspecified atom stereocenters. The molecule has 1 N–H and O–H groups in total. The fraction of sp³-hybridized carbons (Fsp3) is 0.500. The molecule has 4 heteroatoms. The van der Waals surface area contributed by atoms with Gasteiger partial charge < -0.3 is 9.52 Å². The second kappa shape index (κ2) is 5.10. The highest BCUT2D eigenvalue weighted by molar-refractivity contribution is 7.99. The lowest BCUT2D eigenvalue weighted by Gasteiger charge is -2.08. The molecule has 0 bridgehead atoms. The highest BCUT2D eigenvalue weighted by Gasteiger charge is 2.12. The summed E-state index contributed by atoms with van der Waals surface area (Å²) in [5.41, 5.74) is 0. The Kier molecular flexibility index (Phi) is 4.07. The number of rotatable bonds is 5. The standard InChI is InChI=1S/C10H14O3S/c1-3-7(4-2)14-9-6-5-8(13-9)10(11)12/h5-7H,3-4H2,1-2H3,(H,11,12). The molecule has 0 spiro atoms.